The first-order chi connectivity index (χ1) is 6.24. The van der Waals surface area contributed by atoms with Crippen LogP contribution in [0.1, 0.15) is 66.2 Å². The molecule has 0 fully saturated rings. The Kier molecular flexibility index (Phi) is 8.18. The second-order valence-electron chi connectivity index (χ2n) is 4.10. The summed E-state index contributed by atoms with van der Waals surface area (Å²) in [5.41, 5.74) is 1.60. The van der Waals surface area contributed by atoms with Crippen molar-refractivity contribution < 1.29 is 0 Å². The van der Waals surface area contributed by atoms with Gasteiger partial charge in [-0.3, -0.25) is 0 Å². The van der Waals surface area contributed by atoms with Crippen LogP contribution in [0.4, 0.5) is 0 Å². The quantitative estimate of drug-likeness (QED) is 0.530. The zero-order valence-corrected chi connectivity index (χ0v) is 9.90. The molecule has 78 valence electrons. The lowest BCUT2D eigenvalue weighted by atomic mass is 9.89. The summed E-state index contributed by atoms with van der Waals surface area (Å²) in [4.78, 5) is 0. The zero-order valence-electron chi connectivity index (χ0n) is 9.90. The van der Waals surface area contributed by atoms with Gasteiger partial charge in [-0.2, -0.15) is 0 Å². The van der Waals surface area contributed by atoms with Crippen LogP contribution >= 0.6 is 0 Å². The van der Waals surface area contributed by atoms with Crippen LogP contribution in [0.25, 0.3) is 0 Å². The second kappa shape index (κ2) is 8.34. The van der Waals surface area contributed by atoms with Crippen molar-refractivity contribution in [2.75, 3.05) is 0 Å². The zero-order chi connectivity index (χ0) is 10.1. The number of unbranched alkanes of at least 4 members (excludes halogenated alkanes) is 1. The molecule has 0 aromatic rings. The van der Waals surface area contributed by atoms with Crippen molar-refractivity contribution in [3.8, 4) is 0 Å². The highest BCUT2D eigenvalue weighted by Crippen LogP contribution is 2.24. The SMILES string of the molecule is CCC1CC=C(C)CC1.CCCC. The topological polar surface area (TPSA) is 0 Å². The third-order valence-electron chi connectivity index (χ3n) is 2.82. The summed E-state index contributed by atoms with van der Waals surface area (Å²) in [5.74, 6) is 0.994. The molecule has 0 N–H and O–H groups in total. The maximum absolute atomic E-state index is 2.40. The highest BCUT2D eigenvalue weighted by Gasteiger charge is 2.08. The lowest BCUT2D eigenvalue weighted by molar-refractivity contribution is 0.456. The fourth-order valence-electron chi connectivity index (χ4n) is 1.39. The molecule has 1 unspecified atom stereocenters. The largest absolute Gasteiger partial charge is 0.0853 e. The van der Waals surface area contributed by atoms with Gasteiger partial charge in [0.1, 0.15) is 0 Å². The highest BCUT2D eigenvalue weighted by atomic mass is 14.1. The standard InChI is InChI=1S/C9H16.C4H10/c1-3-9-6-4-8(2)5-7-9;1-3-4-2/h4,9H,3,5-7H2,1-2H3;3-4H2,1-2H3. The molecular formula is C13H26. The van der Waals surface area contributed by atoms with Crippen LogP contribution in [-0.2, 0) is 0 Å². The minimum atomic E-state index is 0.994. The third kappa shape index (κ3) is 6.86. The Morgan fingerprint density at radius 2 is 1.85 bits per heavy atom. The molecule has 0 aromatic heterocycles. The van der Waals surface area contributed by atoms with Gasteiger partial charge >= 0.3 is 0 Å². The molecule has 0 saturated heterocycles. The molecule has 1 rings (SSSR count). The number of allylic oxidation sites excluding steroid dienone is 2. The summed E-state index contributed by atoms with van der Waals surface area (Å²) >= 11 is 0. The summed E-state index contributed by atoms with van der Waals surface area (Å²) in [6, 6.07) is 0. The normalized spacial score (nSPS) is 21.5. The molecule has 0 heteroatoms. The van der Waals surface area contributed by atoms with Gasteiger partial charge in [-0.15, -0.1) is 0 Å². The fourth-order valence-corrected chi connectivity index (χ4v) is 1.39. The molecule has 0 heterocycles. The second-order valence-corrected chi connectivity index (χ2v) is 4.10. The smallest absolute Gasteiger partial charge is 0.0320 e. The molecule has 0 nitrogen and oxygen atoms in total. The molecule has 13 heavy (non-hydrogen) atoms. The van der Waals surface area contributed by atoms with E-state index in [2.05, 4.69) is 33.8 Å². The molecule has 1 aliphatic carbocycles. The molecule has 1 atom stereocenters. The highest BCUT2D eigenvalue weighted by molar-refractivity contribution is 5.02. The maximum Gasteiger partial charge on any atom is -0.0320 e. The van der Waals surface area contributed by atoms with Crippen LogP contribution in [0.15, 0.2) is 11.6 Å². The number of hydrogen-bond donors (Lipinski definition) is 0. The van der Waals surface area contributed by atoms with Gasteiger partial charge in [-0.1, -0.05) is 51.7 Å². The summed E-state index contributed by atoms with van der Waals surface area (Å²) < 4.78 is 0. The lowest BCUT2D eigenvalue weighted by Gasteiger charge is -2.17. The van der Waals surface area contributed by atoms with Gasteiger partial charge < -0.3 is 0 Å². The van der Waals surface area contributed by atoms with E-state index in [0.29, 0.717) is 0 Å². The molecular weight excluding hydrogens is 156 g/mol. The van der Waals surface area contributed by atoms with Crippen LogP contribution in [0, 0.1) is 5.92 Å². The molecule has 0 amide bonds. The summed E-state index contributed by atoms with van der Waals surface area (Å²) in [6.45, 7) is 8.89. The average molecular weight is 182 g/mol. The Bertz CT molecular complexity index is 131. The summed E-state index contributed by atoms with van der Waals surface area (Å²) in [6.07, 6.45) is 10.5. The van der Waals surface area contributed by atoms with Crippen molar-refractivity contribution in [3.63, 3.8) is 0 Å². The van der Waals surface area contributed by atoms with Gasteiger partial charge in [0.25, 0.3) is 0 Å². The van der Waals surface area contributed by atoms with E-state index < -0.39 is 0 Å². The summed E-state index contributed by atoms with van der Waals surface area (Å²) in [7, 11) is 0. The van der Waals surface area contributed by atoms with Crippen LogP contribution < -0.4 is 0 Å². The van der Waals surface area contributed by atoms with Crippen molar-refractivity contribution in [1.82, 2.24) is 0 Å². The van der Waals surface area contributed by atoms with Crippen molar-refractivity contribution in [1.29, 1.82) is 0 Å². The Hall–Kier alpha value is -0.260. The van der Waals surface area contributed by atoms with Gasteiger partial charge in [0.2, 0.25) is 0 Å². The first-order valence-electron chi connectivity index (χ1n) is 5.90. The van der Waals surface area contributed by atoms with E-state index in [9.17, 15) is 0 Å². The third-order valence-corrected chi connectivity index (χ3v) is 2.82. The van der Waals surface area contributed by atoms with Gasteiger partial charge in [0.05, 0.1) is 0 Å². The predicted octanol–water partition coefficient (Wildman–Crippen LogP) is 4.95. The van der Waals surface area contributed by atoms with E-state index >= 15 is 0 Å². The number of rotatable bonds is 2. The predicted molar refractivity (Wildman–Crippen MR) is 62.0 cm³/mol. The Labute approximate surface area is 84.4 Å². The Morgan fingerprint density at radius 1 is 1.23 bits per heavy atom. The Balaban J connectivity index is 0.000000310. The number of hydrogen-bond acceptors (Lipinski definition) is 0. The van der Waals surface area contributed by atoms with Crippen molar-refractivity contribution in [2.24, 2.45) is 5.92 Å². The molecule has 0 bridgehead atoms. The minimum Gasteiger partial charge on any atom is -0.0853 e. The van der Waals surface area contributed by atoms with Crippen molar-refractivity contribution in [2.45, 2.75) is 66.2 Å². The van der Waals surface area contributed by atoms with Gasteiger partial charge in [-0.05, 0) is 32.1 Å². The van der Waals surface area contributed by atoms with Crippen LogP contribution in [-0.4, -0.2) is 0 Å². The van der Waals surface area contributed by atoms with Crippen molar-refractivity contribution >= 4 is 0 Å². The Morgan fingerprint density at radius 3 is 2.15 bits per heavy atom. The monoisotopic (exact) mass is 182 g/mol. The van der Waals surface area contributed by atoms with E-state index in [1.54, 1.807) is 5.57 Å². The van der Waals surface area contributed by atoms with Gasteiger partial charge in [0.15, 0.2) is 0 Å². The van der Waals surface area contributed by atoms with E-state index in [0.717, 1.165) is 5.92 Å². The van der Waals surface area contributed by atoms with E-state index in [1.807, 2.05) is 0 Å². The first-order valence-corrected chi connectivity index (χ1v) is 5.90. The van der Waals surface area contributed by atoms with Crippen LogP contribution in [0.3, 0.4) is 0 Å². The average Bonchev–Trinajstić information content (AvgIpc) is 2.19. The summed E-state index contributed by atoms with van der Waals surface area (Å²) in [5, 5.41) is 0. The molecule has 0 saturated carbocycles. The van der Waals surface area contributed by atoms with E-state index in [-0.39, 0.29) is 0 Å². The van der Waals surface area contributed by atoms with Gasteiger partial charge in [0, 0.05) is 0 Å². The van der Waals surface area contributed by atoms with Gasteiger partial charge in [-0.25, -0.2) is 0 Å². The molecule has 1 aliphatic rings. The lowest BCUT2D eigenvalue weighted by Crippen LogP contribution is -2.02. The molecule has 0 spiro atoms. The van der Waals surface area contributed by atoms with E-state index in [1.165, 1.54) is 38.5 Å². The first kappa shape index (κ1) is 12.7. The molecule has 0 aliphatic heterocycles. The minimum absolute atomic E-state index is 0.994. The molecule has 0 radical (unpaired) electrons. The maximum atomic E-state index is 2.40. The van der Waals surface area contributed by atoms with Crippen molar-refractivity contribution in [3.05, 3.63) is 11.6 Å². The fraction of sp³-hybridized carbons (Fsp3) is 0.846. The van der Waals surface area contributed by atoms with Crippen LogP contribution in [0.5, 0.6) is 0 Å². The van der Waals surface area contributed by atoms with Crippen LogP contribution in [0.2, 0.25) is 0 Å². The molecule has 0 aromatic carbocycles. The van der Waals surface area contributed by atoms with E-state index in [4.69, 9.17) is 0 Å².